The van der Waals surface area contributed by atoms with Crippen LogP contribution in [0.25, 0.3) is 0 Å². The van der Waals surface area contributed by atoms with Gasteiger partial charge < -0.3 is 19.4 Å². The molecule has 0 aromatic heterocycles. The van der Waals surface area contributed by atoms with Gasteiger partial charge in [0.25, 0.3) is 11.0 Å². The number of carbonyl (C=O) groups is 1. The molecule has 3 aliphatic rings. The molecule has 4 rings (SSSR count). The summed E-state index contributed by atoms with van der Waals surface area (Å²) in [5, 5.41) is 9.49. The zero-order chi connectivity index (χ0) is 28.9. The van der Waals surface area contributed by atoms with Crippen LogP contribution >= 0.6 is 0 Å². The third-order valence-corrected chi connectivity index (χ3v) is 8.88. The van der Waals surface area contributed by atoms with E-state index < -0.39 is 21.2 Å². The van der Waals surface area contributed by atoms with Crippen molar-refractivity contribution in [2.24, 2.45) is 9.98 Å². The molecular formula is C26H36N6O7S. The Morgan fingerprint density at radius 1 is 1.10 bits per heavy atom. The molecular weight excluding hydrogens is 540 g/mol. The summed E-state index contributed by atoms with van der Waals surface area (Å²) in [6.07, 6.45) is 4.81. The number of nitrogens with zero attached hydrogens (tertiary/aromatic N) is 6. The van der Waals surface area contributed by atoms with Crippen LogP contribution in [0.1, 0.15) is 45.1 Å². The number of benzene rings is 1. The highest BCUT2D eigenvalue weighted by Crippen LogP contribution is 2.31. The van der Waals surface area contributed by atoms with Crippen LogP contribution in [0.15, 0.2) is 44.9 Å². The monoisotopic (exact) mass is 576 g/mol. The van der Waals surface area contributed by atoms with Crippen molar-refractivity contribution in [2.45, 2.75) is 50.5 Å². The van der Waals surface area contributed by atoms with E-state index in [-0.39, 0.29) is 36.3 Å². The Bertz CT molecular complexity index is 1320. The van der Waals surface area contributed by atoms with Gasteiger partial charge in [0.05, 0.1) is 29.4 Å². The molecule has 1 saturated heterocycles. The van der Waals surface area contributed by atoms with Gasteiger partial charge in [-0.05, 0) is 43.0 Å². The second-order valence-corrected chi connectivity index (χ2v) is 11.8. The van der Waals surface area contributed by atoms with E-state index in [4.69, 9.17) is 9.73 Å². The van der Waals surface area contributed by atoms with E-state index in [1.54, 1.807) is 6.07 Å². The van der Waals surface area contributed by atoms with Crippen LogP contribution in [0.5, 0.6) is 5.75 Å². The Morgan fingerprint density at radius 2 is 1.85 bits per heavy atom. The maximum atomic E-state index is 13.6. The third kappa shape index (κ3) is 6.50. The smallest absolute Gasteiger partial charge is 0.294 e. The summed E-state index contributed by atoms with van der Waals surface area (Å²) in [5.41, 5.74) is 1.98. The standard InChI is InChI=1S/C26H36N6O7S/c1-4-7-19-18-29(3)24-23(19)27-25(28-26(24)33)21-17-20(8-9-22(21)38-15-5-2)40(36,37)31-13-11-30(12-14-31)10-6-16-39-32(34)35/h8-9,17-18,24H,4-7,10-16H2,1-3H3. The van der Waals surface area contributed by atoms with Crippen LogP contribution in [0.4, 0.5) is 0 Å². The molecule has 0 radical (unpaired) electrons. The van der Waals surface area contributed by atoms with Crippen molar-refractivity contribution in [1.82, 2.24) is 14.1 Å². The maximum Gasteiger partial charge on any atom is 0.294 e. The Balaban J connectivity index is 1.57. The number of amides is 1. The molecule has 1 atom stereocenters. The Morgan fingerprint density at radius 3 is 2.52 bits per heavy atom. The number of sulfonamides is 1. The largest absolute Gasteiger partial charge is 0.493 e. The average Bonchev–Trinajstić information content (AvgIpc) is 3.25. The molecule has 1 aromatic rings. The molecule has 1 unspecified atom stereocenters. The van der Waals surface area contributed by atoms with Gasteiger partial charge in [-0.2, -0.15) is 9.30 Å². The van der Waals surface area contributed by atoms with Gasteiger partial charge >= 0.3 is 0 Å². The highest BCUT2D eigenvalue weighted by molar-refractivity contribution is 7.89. The first-order valence-corrected chi connectivity index (χ1v) is 15.0. The average molecular weight is 577 g/mol. The molecule has 0 saturated carbocycles. The first-order chi connectivity index (χ1) is 19.1. The number of fused-ring (bicyclic) bond motifs is 1. The van der Waals surface area contributed by atoms with Crippen molar-refractivity contribution in [3.05, 3.63) is 45.6 Å². The summed E-state index contributed by atoms with van der Waals surface area (Å²) < 4.78 is 34.6. The minimum atomic E-state index is -3.85. The Hall–Kier alpha value is -3.36. The Labute approximate surface area is 234 Å². The SMILES string of the molecule is CCCOc1ccc(S(=O)(=O)N2CCN(CCCO[N+](=O)[O-])CC2)cc1C1=NC(=O)C2C(=N1)C(CCC)=CN2C. The topological polar surface area (TPSA) is 147 Å². The lowest BCUT2D eigenvalue weighted by atomic mass is 10.0. The van der Waals surface area contributed by atoms with E-state index in [9.17, 15) is 23.3 Å². The number of rotatable bonds is 13. The lowest BCUT2D eigenvalue weighted by molar-refractivity contribution is -0.757. The predicted octanol–water partition coefficient (Wildman–Crippen LogP) is 2.11. The number of aliphatic imine (C=N–C) groups is 2. The van der Waals surface area contributed by atoms with Crippen LogP contribution in [0, 0.1) is 10.1 Å². The van der Waals surface area contributed by atoms with Crippen LogP contribution < -0.4 is 4.74 Å². The van der Waals surface area contributed by atoms with E-state index in [0.29, 0.717) is 49.7 Å². The van der Waals surface area contributed by atoms with Crippen molar-refractivity contribution in [3.8, 4) is 5.75 Å². The van der Waals surface area contributed by atoms with Crippen molar-refractivity contribution in [2.75, 3.05) is 53.0 Å². The summed E-state index contributed by atoms with van der Waals surface area (Å²) in [6.45, 7) is 6.58. The zero-order valence-corrected chi connectivity index (χ0v) is 23.9. The molecule has 14 heteroatoms. The van der Waals surface area contributed by atoms with Crippen LogP contribution in [-0.4, -0.2) is 104 Å². The molecule has 3 heterocycles. The summed E-state index contributed by atoms with van der Waals surface area (Å²) in [7, 11) is -2.03. The fourth-order valence-electron chi connectivity index (χ4n) is 5.02. The lowest BCUT2D eigenvalue weighted by Crippen LogP contribution is -2.48. The van der Waals surface area contributed by atoms with Crippen LogP contribution in [-0.2, 0) is 19.7 Å². The molecule has 0 spiro atoms. The van der Waals surface area contributed by atoms with Gasteiger partial charge in [0.15, 0.2) is 11.9 Å². The summed E-state index contributed by atoms with van der Waals surface area (Å²) in [5.74, 6) is 0.224. The summed E-state index contributed by atoms with van der Waals surface area (Å²) in [6, 6.07) is 4.05. The zero-order valence-electron chi connectivity index (χ0n) is 23.1. The van der Waals surface area contributed by atoms with Gasteiger partial charge in [0.1, 0.15) is 5.75 Å². The Kier molecular flexibility index (Phi) is 9.53. The van der Waals surface area contributed by atoms with Gasteiger partial charge in [-0.25, -0.2) is 13.4 Å². The second-order valence-electron chi connectivity index (χ2n) is 9.91. The molecule has 0 aliphatic carbocycles. The normalized spacial score (nSPS) is 20.1. The molecule has 1 aromatic carbocycles. The number of amidine groups is 1. The molecule has 13 nitrogen and oxygen atoms in total. The van der Waals surface area contributed by atoms with E-state index in [1.165, 1.54) is 16.4 Å². The van der Waals surface area contributed by atoms with Gasteiger partial charge in [0, 0.05) is 46.0 Å². The highest BCUT2D eigenvalue weighted by Gasteiger charge is 2.38. The fourth-order valence-corrected chi connectivity index (χ4v) is 6.47. The van der Waals surface area contributed by atoms with Crippen molar-refractivity contribution in [3.63, 3.8) is 0 Å². The van der Waals surface area contributed by atoms with E-state index in [0.717, 1.165) is 24.8 Å². The van der Waals surface area contributed by atoms with Crippen molar-refractivity contribution < 1.29 is 27.9 Å². The molecule has 1 fully saturated rings. The maximum absolute atomic E-state index is 13.6. The minimum Gasteiger partial charge on any atom is -0.493 e. The predicted molar refractivity (Wildman–Crippen MR) is 149 cm³/mol. The van der Waals surface area contributed by atoms with Gasteiger partial charge in [-0.15, -0.1) is 10.1 Å². The second kappa shape index (κ2) is 12.9. The first-order valence-electron chi connectivity index (χ1n) is 13.6. The van der Waals surface area contributed by atoms with Crippen molar-refractivity contribution in [1.29, 1.82) is 0 Å². The quantitative estimate of drug-likeness (QED) is 0.196. The van der Waals surface area contributed by atoms with Gasteiger partial charge in [0.2, 0.25) is 10.0 Å². The number of likely N-dealkylation sites (N-methyl/N-ethyl adjacent to an activating group) is 1. The molecule has 40 heavy (non-hydrogen) atoms. The van der Waals surface area contributed by atoms with E-state index >= 15 is 0 Å². The minimum absolute atomic E-state index is 0.00406. The molecule has 0 N–H and O–H groups in total. The van der Waals surface area contributed by atoms with Gasteiger partial charge in [-0.3, -0.25) is 4.79 Å². The third-order valence-electron chi connectivity index (χ3n) is 6.99. The number of hydrogen-bond donors (Lipinski definition) is 0. The number of piperazine rings is 1. The van der Waals surface area contributed by atoms with Gasteiger partial charge in [-0.1, -0.05) is 20.3 Å². The first kappa shape index (κ1) is 29.6. The number of carbonyl (C=O) groups excluding carboxylic acids is 1. The molecule has 1 amide bonds. The van der Waals surface area contributed by atoms with E-state index in [2.05, 4.69) is 21.7 Å². The fraction of sp³-hybridized carbons (Fsp3) is 0.577. The van der Waals surface area contributed by atoms with Crippen LogP contribution in [0.3, 0.4) is 0 Å². The van der Waals surface area contributed by atoms with Crippen LogP contribution in [0.2, 0.25) is 0 Å². The lowest BCUT2D eigenvalue weighted by Gasteiger charge is -2.34. The summed E-state index contributed by atoms with van der Waals surface area (Å²) in [4.78, 5) is 40.7. The number of ether oxygens (including phenoxy) is 1. The number of hydrogen-bond acceptors (Lipinski definition) is 10. The molecule has 0 bridgehead atoms. The molecule has 3 aliphatic heterocycles. The highest BCUT2D eigenvalue weighted by atomic mass is 32.2. The summed E-state index contributed by atoms with van der Waals surface area (Å²) >= 11 is 0. The van der Waals surface area contributed by atoms with Crippen molar-refractivity contribution >= 4 is 27.5 Å². The molecule has 218 valence electrons. The van der Waals surface area contributed by atoms with E-state index in [1.807, 2.05) is 25.1 Å².